The lowest BCUT2D eigenvalue weighted by molar-refractivity contribution is -0.137. The Labute approximate surface area is 145 Å². The van der Waals surface area contributed by atoms with Gasteiger partial charge in [0.1, 0.15) is 0 Å². The molecule has 1 rings (SSSR count). The van der Waals surface area contributed by atoms with Crippen LogP contribution in [-0.4, -0.2) is 28.1 Å². The number of carboxylic acid groups (broad SMARTS) is 1. The van der Waals surface area contributed by atoms with Crippen LogP contribution < -0.4 is 0 Å². The molecule has 1 fully saturated rings. The van der Waals surface area contributed by atoms with Gasteiger partial charge in [-0.3, -0.25) is 9.59 Å². The van der Waals surface area contributed by atoms with Crippen molar-refractivity contribution in [3.05, 3.63) is 36.0 Å². The Morgan fingerprint density at radius 2 is 1.92 bits per heavy atom. The third-order valence-corrected chi connectivity index (χ3v) is 4.28. The van der Waals surface area contributed by atoms with E-state index in [0.717, 1.165) is 12.8 Å². The number of aliphatic carboxylic acids is 1. The van der Waals surface area contributed by atoms with Crippen LogP contribution in [0.3, 0.4) is 0 Å². The molecule has 2 atom stereocenters. The van der Waals surface area contributed by atoms with Crippen molar-refractivity contribution in [2.75, 3.05) is 0 Å². The molecule has 1 aliphatic rings. The average molecular weight is 334 g/mol. The molecule has 0 spiro atoms. The summed E-state index contributed by atoms with van der Waals surface area (Å²) in [4.78, 5) is 22.5. The van der Waals surface area contributed by atoms with Gasteiger partial charge in [-0.05, 0) is 32.1 Å². The molecule has 0 aromatic rings. The maximum absolute atomic E-state index is 12.0. The Kier molecular flexibility index (Phi) is 10.0. The molecule has 0 unspecified atom stereocenters. The third-order valence-electron chi connectivity index (χ3n) is 4.28. The Morgan fingerprint density at radius 1 is 1.17 bits per heavy atom. The van der Waals surface area contributed by atoms with Crippen molar-refractivity contribution >= 4 is 11.8 Å². The van der Waals surface area contributed by atoms with E-state index in [-0.39, 0.29) is 24.5 Å². The fourth-order valence-corrected chi connectivity index (χ4v) is 2.88. The monoisotopic (exact) mass is 334 g/mol. The first-order valence-corrected chi connectivity index (χ1v) is 9.01. The SMILES string of the molecule is CCCCC/C=C/C=C1/C(=O)C[C@@H](O)[C@H]1C/C=C\CCCC(=O)O. The second-order valence-corrected chi connectivity index (χ2v) is 6.34. The van der Waals surface area contributed by atoms with Crippen LogP contribution in [-0.2, 0) is 9.59 Å². The summed E-state index contributed by atoms with van der Waals surface area (Å²) in [5, 5.41) is 18.7. The highest BCUT2D eigenvalue weighted by Crippen LogP contribution is 2.31. The van der Waals surface area contributed by atoms with Gasteiger partial charge in [0.15, 0.2) is 5.78 Å². The zero-order valence-electron chi connectivity index (χ0n) is 14.6. The number of allylic oxidation sites excluding steroid dienone is 5. The summed E-state index contributed by atoms with van der Waals surface area (Å²) < 4.78 is 0. The highest BCUT2D eigenvalue weighted by molar-refractivity contribution is 5.99. The third kappa shape index (κ3) is 7.73. The maximum atomic E-state index is 12.0. The van der Waals surface area contributed by atoms with Crippen LogP contribution in [0.1, 0.15) is 64.7 Å². The van der Waals surface area contributed by atoms with E-state index in [1.54, 1.807) is 0 Å². The summed E-state index contributed by atoms with van der Waals surface area (Å²) >= 11 is 0. The lowest BCUT2D eigenvalue weighted by Gasteiger charge is -2.12. The van der Waals surface area contributed by atoms with E-state index in [4.69, 9.17) is 5.11 Å². The smallest absolute Gasteiger partial charge is 0.303 e. The molecule has 0 saturated heterocycles. The van der Waals surface area contributed by atoms with E-state index in [0.29, 0.717) is 24.8 Å². The Hall–Kier alpha value is -1.68. The number of unbranched alkanes of at least 4 members (excludes halogenated alkanes) is 4. The first-order valence-electron chi connectivity index (χ1n) is 9.01. The van der Waals surface area contributed by atoms with Gasteiger partial charge in [0.05, 0.1) is 6.10 Å². The quantitative estimate of drug-likeness (QED) is 0.337. The fraction of sp³-hybridized carbons (Fsp3) is 0.600. The lowest BCUT2D eigenvalue weighted by atomic mass is 9.96. The van der Waals surface area contributed by atoms with E-state index in [9.17, 15) is 14.7 Å². The first-order chi connectivity index (χ1) is 11.6. The molecule has 0 bridgehead atoms. The first kappa shape index (κ1) is 20.4. The molecule has 1 saturated carbocycles. The average Bonchev–Trinajstić information content (AvgIpc) is 2.80. The largest absolute Gasteiger partial charge is 0.481 e. The lowest BCUT2D eigenvalue weighted by Crippen LogP contribution is -2.13. The molecule has 0 heterocycles. The van der Waals surface area contributed by atoms with E-state index < -0.39 is 12.1 Å². The Bertz CT molecular complexity index is 488. The predicted octanol–water partition coefficient (Wildman–Crippen LogP) is 4.20. The number of aliphatic hydroxyl groups excluding tert-OH is 1. The maximum Gasteiger partial charge on any atom is 0.303 e. The highest BCUT2D eigenvalue weighted by atomic mass is 16.4. The van der Waals surface area contributed by atoms with Crippen molar-refractivity contribution in [3.8, 4) is 0 Å². The summed E-state index contributed by atoms with van der Waals surface area (Å²) in [6, 6.07) is 0. The Morgan fingerprint density at radius 3 is 2.62 bits per heavy atom. The zero-order valence-corrected chi connectivity index (χ0v) is 14.6. The molecular formula is C20H30O4. The molecular weight excluding hydrogens is 304 g/mol. The minimum atomic E-state index is -0.781. The highest BCUT2D eigenvalue weighted by Gasteiger charge is 2.35. The number of carbonyl (C=O) groups is 2. The molecule has 0 aliphatic heterocycles. The molecule has 0 amide bonds. The second-order valence-electron chi connectivity index (χ2n) is 6.34. The van der Waals surface area contributed by atoms with Crippen LogP contribution >= 0.6 is 0 Å². The van der Waals surface area contributed by atoms with Crippen LogP contribution in [0.2, 0.25) is 0 Å². The summed E-state index contributed by atoms with van der Waals surface area (Å²) in [6.45, 7) is 2.17. The molecule has 1 aliphatic carbocycles. The number of carboxylic acids is 1. The van der Waals surface area contributed by atoms with Gasteiger partial charge in [0, 0.05) is 24.3 Å². The normalized spacial score (nSPS) is 23.1. The van der Waals surface area contributed by atoms with Crippen LogP contribution in [0.15, 0.2) is 36.0 Å². The molecule has 0 aromatic heterocycles. The summed E-state index contributed by atoms with van der Waals surface area (Å²) in [5.74, 6) is -0.894. The summed E-state index contributed by atoms with van der Waals surface area (Å²) in [5.41, 5.74) is 0.712. The number of hydrogen-bond donors (Lipinski definition) is 2. The molecule has 134 valence electrons. The van der Waals surface area contributed by atoms with Gasteiger partial charge < -0.3 is 10.2 Å². The van der Waals surface area contributed by atoms with Gasteiger partial charge in [-0.1, -0.05) is 50.1 Å². The van der Waals surface area contributed by atoms with E-state index in [2.05, 4.69) is 13.0 Å². The Balaban J connectivity index is 2.48. The van der Waals surface area contributed by atoms with Crippen molar-refractivity contribution in [1.82, 2.24) is 0 Å². The van der Waals surface area contributed by atoms with Crippen LogP contribution in [0.5, 0.6) is 0 Å². The minimum absolute atomic E-state index is 0.0324. The van der Waals surface area contributed by atoms with E-state index >= 15 is 0 Å². The molecule has 0 aromatic carbocycles. The van der Waals surface area contributed by atoms with Crippen molar-refractivity contribution in [1.29, 1.82) is 0 Å². The van der Waals surface area contributed by atoms with Gasteiger partial charge >= 0.3 is 5.97 Å². The van der Waals surface area contributed by atoms with Gasteiger partial charge in [-0.25, -0.2) is 0 Å². The number of hydrogen-bond acceptors (Lipinski definition) is 3. The van der Waals surface area contributed by atoms with Crippen LogP contribution in [0.4, 0.5) is 0 Å². The van der Waals surface area contributed by atoms with Crippen molar-refractivity contribution in [2.24, 2.45) is 5.92 Å². The standard InChI is InChI=1S/C20H30O4/c1-2-3-4-5-6-9-12-16-17(19(22)15-18(16)21)13-10-7-8-11-14-20(23)24/h6-7,9-10,12,17,19,22H,2-5,8,11,13-15H2,1H3,(H,23,24)/b9-6+,10-7-,16-12+/t17-,19+/m0/s1. The van der Waals surface area contributed by atoms with Crippen molar-refractivity contribution in [2.45, 2.75) is 70.8 Å². The van der Waals surface area contributed by atoms with Crippen molar-refractivity contribution < 1.29 is 19.8 Å². The van der Waals surface area contributed by atoms with E-state index in [1.807, 2.05) is 24.3 Å². The molecule has 4 nitrogen and oxygen atoms in total. The predicted molar refractivity (Wildman–Crippen MR) is 95.7 cm³/mol. The van der Waals surface area contributed by atoms with Gasteiger partial charge in [0.2, 0.25) is 0 Å². The molecule has 4 heteroatoms. The second kappa shape index (κ2) is 11.8. The molecule has 2 N–H and O–H groups in total. The number of Topliss-reactive ketones (excluding diaryl/α,β-unsaturated/α-hetero) is 1. The summed E-state index contributed by atoms with van der Waals surface area (Å²) in [6.07, 6.45) is 16.1. The van der Waals surface area contributed by atoms with Gasteiger partial charge in [-0.2, -0.15) is 0 Å². The van der Waals surface area contributed by atoms with Gasteiger partial charge in [-0.15, -0.1) is 0 Å². The van der Waals surface area contributed by atoms with Crippen LogP contribution in [0.25, 0.3) is 0 Å². The topological polar surface area (TPSA) is 74.6 Å². The molecule has 0 radical (unpaired) electrons. The number of aliphatic hydroxyl groups is 1. The fourth-order valence-electron chi connectivity index (χ4n) is 2.88. The summed E-state index contributed by atoms with van der Waals surface area (Å²) in [7, 11) is 0. The number of rotatable bonds is 11. The zero-order chi connectivity index (χ0) is 17.8. The van der Waals surface area contributed by atoms with E-state index in [1.165, 1.54) is 12.8 Å². The molecule has 24 heavy (non-hydrogen) atoms. The number of carbonyl (C=O) groups excluding carboxylic acids is 1. The van der Waals surface area contributed by atoms with Crippen LogP contribution in [0, 0.1) is 5.92 Å². The van der Waals surface area contributed by atoms with Crippen molar-refractivity contribution in [3.63, 3.8) is 0 Å². The minimum Gasteiger partial charge on any atom is -0.481 e. The number of ketones is 1. The van der Waals surface area contributed by atoms with Gasteiger partial charge in [0.25, 0.3) is 0 Å².